The topological polar surface area (TPSA) is 48.7 Å². The molecule has 1 aromatic heterocycles. The Morgan fingerprint density at radius 3 is 2.90 bits per heavy atom. The summed E-state index contributed by atoms with van der Waals surface area (Å²) in [5, 5.41) is 13.1. The first-order chi connectivity index (χ1) is 9.76. The first-order valence-electron chi connectivity index (χ1n) is 6.35. The first kappa shape index (κ1) is 12.6. The Bertz CT molecular complexity index is 799. The van der Waals surface area contributed by atoms with Gasteiger partial charge in [-0.25, -0.2) is 4.98 Å². The fourth-order valence-electron chi connectivity index (χ4n) is 2.09. The third kappa shape index (κ3) is 2.49. The number of thiazole rings is 1. The molecule has 0 aliphatic carbocycles. The summed E-state index contributed by atoms with van der Waals surface area (Å²) in [7, 11) is 0. The van der Waals surface area contributed by atoms with Gasteiger partial charge >= 0.3 is 0 Å². The second kappa shape index (κ2) is 5.32. The normalized spacial score (nSPS) is 10.4. The van der Waals surface area contributed by atoms with E-state index in [0.29, 0.717) is 12.1 Å². The lowest BCUT2D eigenvalue weighted by Gasteiger charge is -2.02. The Morgan fingerprint density at radius 1 is 1.25 bits per heavy atom. The van der Waals surface area contributed by atoms with Gasteiger partial charge in [-0.2, -0.15) is 5.26 Å². The summed E-state index contributed by atoms with van der Waals surface area (Å²) in [4.78, 5) is 4.61. The van der Waals surface area contributed by atoms with Crippen molar-refractivity contribution < 1.29 is 0 Å². The Morgan fingerprint density at radius 2 is 2.10 bits per heavy atom. The predicted molar refractivity (Wildman–Crippen MR) is 82.8 cm³/mol. The molecule has 1 heterocycles. The largest absolute Gasteiger partial charge is 0.357 e. The maximum Gasteiger partial charge on any atom is 0.184 e. The minimum Gasteiger partial charge on any atom is -0.357 e. The quantitative estimate of drug-likeness (QED) is 0.785. The third-order valence-corrected chi connectivity index (χ3v) is 4.10. The summed E-state index contributed by atoms with van der Waals surface area (Å²) in [5.74, 6) is 0. The zero-order chi connectivity index (χ0) is 13.9. The Labute approximate surface area is 121 Å². The fourth-order valence-corrected chi connectivity index (χ4v) is 3.03. The van der Waals surface area contributed by atoms with Crippen LogP contribution in [-0.4, -0.2) is 4.98 Å². The molecule has 0 aliphatic rings. The van der Waals surface area contributed by atoms with E-state index in [1.54, 1.807) is 11.3 Å². The molecular weight excluding hydrogens is 266 g/mol. The van der Waals surface area contributed by atoms with Gasteiger partial charge in [-0.05, 0) is 36.2 Å². The fraction of sp³-hybridized carbons (Fsp3) is 0.125. The number of para-hydroxylation sites is 1. The molecule has 0 aliphatic heterocycles. The van der Waals surface area contributed by atoms with Crippen molar-refractivity contribution in [1.29, 1.82) is 5.26 Å². The number of hydrogen-bond donors (Lipinski definition) is 1. The summed E-state index contributed by atoms with van der Waals surface area (Å²) in [6.45, 7) is 2.75. The highest BCUT2D eigenvalue weighted by atomic mass is 32.1. The van der Waals surface area contributed by atoms with Gasteiger partial charge in [-0.3, -0.25) is 0 Å². The van der Waals surface area contributed by atoms with E-state index in [1.807, 2.05) is 24.3 Å². The summed E-state index contributed by atoms with van der Waals surface area (Å²) in [6, 6.07) is 16.0. The molecule has 3 nitrogen and oxygen atoms in total. The van der Waals surface area contributed by atoms with E-state index in [4.69, 9.17) is 5.26 Å². The maximum atomic E-state index is 8.89. The summed E-state index contributed by atoms with van der Waals surface area (Å²) >= 11 is 1.65. The summed E-state index contributed by atoms with van der Waals surface area (Å²) < 4.78 is 1.19. The molecule has 0 radical (unpaired) electrons. The molecule has 3 aromatic rings. The molecule has 20 heavy (non-hydrogen) atoms. The van der Waals surface area contributed by atoms with Crippen LogP contribution in [0.1, 0.15) is 16.7 Å². The van der Waals surface area contributed by atoms with Crippen LogP contribution in [0.4, 0.5) is 5.13 Å². The monoisotopic (exact) mass is 279 g/mol. The summed E-state index contributed by atoms with van der Waals surface area (Å²) in [5.41, 5.74) is 4.02. The van der Waals surface area contributed by atoms with Crippen LogP contribution >= 0.6 is 11.3 Å². The lowest BCUT2D eigenvalue weighted by molar-refractivity contribution is 1.14. The highest BCUT2D eigenvalue weighted by Crippen LogP contribution is 2.28. The second-order valence-corrected chi connectivity index (χ2v) is 5.64. The number of benzene rings is 2. The average Bonchev–Trinajstić information content (AvgIpc) is 2.90. The van der Waals surface area contributed by atoms with Crippen molar-refractivity contribution in [2.45, 2.75) is 13.5 Å². The van der Waals surface area contributed by atoms with Gasteiger partial charge in [0.2, 0.25) is 0 Å². The average molecular weight is 279 g/mol. The van der Waals surface area contributed by atoms with Crippen LogP contribution in [0.2, 0.25) is 0 Å². The van der Waals surface area contributed by atoms with E-state index in [-0.39, 0.29) is 0 Å². The van der Waals surface area contributed by atoms with Gasteiger partial charge in [0, 0.05) is 6.54 Å². The number of anilines is 1. The molecule has 0 saturated heterocycles. The number of nitrogens with one attached hydrogen (secondary N) is 1. The van der Waals surface area contributed by atoms with Gasteiger partial charge in [-0.15, -0.1) is 0 Å². The summed E-state index contributed by atoms with van der Waals surface area (Å²) in [6.07, 6.45) is 0. The van der Waals surface area contributed by atoms with Gasteiger partial charge in [0.1, 0.15) is 0 Å². The SMILES string of the molecule is Cc1cccc2sc(NCc3cccc(C#N)c3)nc12. The van der Waals surface area contributed by atoms with Crippen molar-refractivity contribution in [2.75, 3.05) is 5.32 Å². The number of nitrogens with zero attached hydrogens (tertiary/aromatic N) is 2. The van der Waals surface area contributed by atoms with Crippen LogP contribution in [0.25, 0.3) is 10.2 Å². The first-order valence-corrected chi connectivity index (χ1v) is 7.17. The molecular formula is C16H13N3S. The van der Waals surface area contributed by atoms with Crippen molar-refractivity contribution in [3.05, 3.63) is 59.2 Å². The molecule has 2 aromatic carbocycles. The third-order valence-electron chi connectivity index (χ3n) is 3.12. The van der Waals surface area contributed by atoms with Crippen LogP contribution in [-0.2, 0) is 6.54 Å². The Hall–Kier alpha value is -2.38. The number of rotatable bonds is 3. The van der Waals surface area contributed by atoms with Gasteiger partial charge in [-0.1, -0.05) is 35.6 Å². The Kier molecular flexibility index (Phi) is 3.36. The van der Waals surface area contributed by atoms with E-state index >= 15 is 0 Å². The lowest BCUT2D eigenvalue weighted by Crippen LogP contribution is -1.98. The number of aryl methyl sites for hydroxylation is 1. The molecule has 0 atom stereocenters. The molecule has 3 rings (SSSR count). The molecule has 0 saturated carbocycles. The van der Waals surface area contributed by atoms with Crippen molar-refractivity contribution >= 4 is 26.7 Å². The molecule has 0 amide bonds. The van der Waals surface area contributed by atoms with Crippen LogP contribution in [0, 0.1) is 18.3 Å². The minimum atomic E-state index is 0.675. The number of aromatic nitrogens is 1. The van der Waals surface area contributed by atoms with Gasteiger partial charge in [0.05, 0.1) is 21.8 Å². The standard InChI is InChI=1S/C16H13N3S/c1-11-4-2-7-14-15(11)19-16(20-14)18-10-13-6-3-5-12(8-13)9-17/h2-8H,10H2,1H3,(H,18,19). The van der Waals surface area contributed by atoms with Gasteiger partial charge in [0.15, 0.2) is 5.13 Å². The van der Waals surface area contributed by atoms with Gasteiger partial charge < -0.3 is 5.32 Å². The molecule has 0 fully saturated rings. The lowest BCUT2D eigenvalue weighted by atomic mass is 10.1. The molecule has 4 heteroatoms. The highest BCUT2D eigenvalue weighted by Gasteiger charge is 2.05. The van der Waals surface area contributed by atoms with E-state index in [2.05, 4.69) is 41.5 Å². The number of fused-ring (bicyclic) bond motifs is 1. The van der Waals surface area contributed by atoms with E-state index < -0.39 is 0 Å². The van der Waals surface area contributed by atoms with E-state index in [1.165, 1.54) is 10.3 Å². The van der Waals surface area contributed by atoms with E-state index in [9.17, 15) is 0 Å². The second-order valence-electron chi connectivity index (χ2n) is 4.61. The van der Waals surface area contributed by atoms with Crippen molar-refractivity contribution in [3.63, 3.8) is 0 Å². The number of nitriles is 1. The number of hydrogen-bond acceptors (Lipinski definition) is 4. The van der Waals surface area contributed by atoms with E-state index in [0.717, 1.165) is 16.2 Å². The molecule has 98 valence electrons. The predicted octanol–water partition coefficient (Wildman–Crippen LogP) is 4.09. The maximum absolute atomic E-state index is 8.89. The molecule has 0 unspecified atom stereocenters. The minimum absolute atomic E-state index is 0.675. The zero-order valence-corrected chi connectivity index (χ0v) is 11.9. The van der Waals surface area contributed by atoms with Crippen LogP contribution in [0.3, 0.4) is 0 Å². The smallest absolute Gasteiger partial charge is 0.184 e. The van der Waals surface area contributed by atoms with Crippen LogP contribution in [0.15, 0.2) is 42.5 Å². The van der Waals surface area contributed by atoms with Crippen molar-refractivity contribution in [1.82, 2.24) is 4.98 Å². The highest BCUT2D eigenvalue weighted by molar-refractivity contribution is 7.22. The van der Waals surface area contributed by atoms with Gasteiger partial charge in [0.25, 0.3) is 0 Å². The molecule has 1 N–H and O–H groups in total. The Balaban J connectivity index is 1.80. The molecule has 0 bridgehead atoms. The zero-order valence-electron chi connectivity index (χ0n) is 11.1. The van der Waals surface area contributed by atoms with Crippen molar-refractivity contribution in [2.24, 2.45) is 0 Å². The van der Waals surface area contributed by atoms with Crippen LogP contribution in [0.5, 0.6) is 0 Å². The van der Waals surface area contributed by atoms with Crippen LogP contribution < -0.4 is 5.32 Å². The van der Waals surface area contributed by atoms with Crippen molar-refractivity contribution in [3.8, 4) is 6.07 Å². The molecule has 0 spiro atoms.